The molecule has 0 aromatic heterocycles. The van der Waals surface area contributed by atoms with Crippen LogP contribution in [0.4, 0.5) is 8.78 Å². The van der Waals surface area contributed by atoms with Crippen molar-refractivity contribution < 1.29 is 13.9 Å². The fourth-order valence-corrected chi connectivity index (χ4v) is 4.38. The highest BCUT2D eigenvalue weighted by Gasteiger charge is 2.26. The van der Waals surface area contributed by atoms with Gasteiger partial charge >= 0.3 is 0 Å². The second kappa shape index (κ2) is 7.77. The van der Waals surface area contributed by atoms with Gasteiger partial charge in [0.25, 0.3) is 0 Å². The van der Waals surface area contributed by atoms with Gasteiger partial charge in [-0.05, 0) is 85.8 Å². The monoisotopic (exact) mass is 358 g/mol. The zero-order valence-electron chi connectivity index (χ0n) is 15.9. The number of aryl methyl sites for hydroxylation is 2. The lowest BCUT2D eigenvalue weighted by atomic mass is 9.77. The summed E-state index contributed by atoms with van der Waals surface area (Å²) in [6.07, 6.45) is 6.53. The minimum atomic E-state index is -0.775. The van der Waals surface area contributed by atoms with Gasteiger partial charge < -0.3 is 5.11 Å². The van der Waals surface area contributed by atoms with Gasteiger partial charge in [-0.3, -0.25) is 0 Å². The van der Waals surface area contributed by atoms with E-state index in [0.717, 1.165) is 31.6 Å². The predicted octanol–water partition coefficient (Wildman–Crippen LogP) is 7.03. The van der Waals surface area contributed by atoms with E-state index in [-0.39, 0.29) is 17.2 Å². The molecule has 26 heavy (non-hydrogen) atoms. The number of rotatable bonds is 4. The van der Waals surface area contributed by atoms with E-state index in [0.29, 0.717) is 22.3 Å². The van der Waals surface area contributed by atoms with E-state index in [1.54, 1.807) is 38.1 Å². The number of hydrogen-bond donors (Lipinski definition) is 1. The summed E-state index contributed by atoms with van der Waals surface area (Å²) in [7, 11) is 0. The zero-order valence-corrected chi connectivity index (χ0v) is 15.9. The summed E-state index contributed by atoms with van der Waals surface area (Å²) in [6, 6.07) is 6.86. The molecule has 0 amide bonds. The fourth-order valence-electron chi connectivity index (χ4n) is 4.38. The molecule has 2 aromatic rings. The molecular weight excluding hydrogens is 330 g/mol. The van der Waals surface area contributed by atoms with Crippen LogP contribution in [0.1, 0.15) is 68.1 Å². The van der Waals surface area contributed by atoms with Gasteiger partial charge in [0.15, 0.2) is 11.6 Å². The van der Waals surface area contributed by atoms with E-state index >= 15 is 0 Å². The molecule has 1 saturated carbocycles. The highest BCUT2D eigenvalue weighted by molar-refractivity contribution is 5.68. The number of hydrogen-bond acceptors (Lipinski definition) is 1. The van der Waals surface area contributed by atoms with Crippen molar-refractivity contribution in [3.8, 4) is 16.9 Å². The number of phenolic OH excluding ortho intramolecular Hbond substituents is 1. The Morgan fingerprint density at radius 1 is 0.962 bits per heavy atom. The summed E-state index contributed by atoms with van der Waals surface area (Å²) in [4.78, 5) is 0. The van der Waals surface area contributed by atoms with Gasteiger partial charge in [0.1, 0.15) is 5.75 Å². The number of phenols is 1. The van der Waals surface area contributed by atoms with Crippen molar-refractivity contribution in [1.29, 1.82) is 0 Å². The van der Waals surface area contributed by atoms with Crippen molar-refractivity contribution in [3.05, 3.63) is 52.6 Å². The molecule has 3 heteroatoms. The van der Waals surface area contributed by atoms with Crippen LogP contribution < -0.4 is 0 Å². The van der Waals surface area contributed by atoms with Crippen LogP contribution in [0.5, 0.6) is 5.75 Å². The van der Waals surface area contributed by atoms with Crippen LogP contribution in [0, 0.1) is 31.4 Å². The first-order valence-electron chi connectivity index (χ1n) is 9.70. The van der Waals surface area contributed by atoms with Crippen molar-refractivity contribution in [2.45, 2.75) is 65.2 Å². The molecule has 0 bridgehead atoms. The summed E-state index contributed by atoms with van der Waals surface area (Å²) in [5.74, 6) is -0.413. The Labute approximate surface area is 155 Å². The topological polar surface area (TPSA) is 20.2 Å². The lowest BCUT2D eigenvalue weighted by molar-refractivity contribution is 0.303. The van der Waals surface area contributed by atoms with E-state index in [1.165, 1.54) is 12.8 Å². The number of aromatic hydroxyl groups is 1. The van der Waals surface area contributed by atoms with Gasteiger partial charge in [-0.2, -0.15) is 0 Å². The van der Waals surface area contributed by atoms with Gasteiger partial charge in [-0.1, -0.05) is 31.9 Å². The first-order chi connectivity index (χ1) is 12.4. The maximum absolute atomic E-state index is 14.8. The Kier molecular flexibility index (Phi) is 5.64. The predicted molar refractivity (Wildman–Crippen MR) is 103 cm³/mol. The summed E-state index contributed by atoms with van der Waals surface area (Å²) in [6.45, 7) is 5.74. The molecule has 0 unspecified atom stereocenters. The highest BCUT2D eigenvalue weighted by atomic mass is 19.2. The molecule has 1 nitrogen and oxygen atoms in total. The van der Waals surface area contributed by atoms with E-state index in [1.807, 2.05) is 0 Å². The van der Waals surface area contributed by atoms with Crippen molar-refractivity contribution in [1.82, 2.24) is 0 Å². The second-order valence-corrected chi connectivity index (χ2v) is 7.80. The standard InChI is InChI=1S/C23H28F2O/c1-4-5-16-6-8-17(9-7-16)19-10-11-20(22(25)21(19)24)18-12-14(2)23(26)15(3)13-18/h10-13,16-17,26H,4-9H2,1-3H3. The highest BCUT2D eigenvalue weighted by Crippen LogP contribution is 2.40. The van der Waals surface area contributed by atoms with Crippen LogP contribution in [0.2, 0.25) is 0 Å². The van der Waals surface area contributed by atoms with Crippen molar-refractivity contribution >= 4 is 0 Å². The summed E-state index contributed by atoms with van der Waals surface area (Å²) in [5, 5.41) is 9.91. The SMILES string of the molecule is CCCC1CCC(c2ccc(-c3cc(C)c(O)c(C)c3)c(F)c2F)CC1. The molecular formula is C23H28F2O. The van der Waals surface area contributed by atoms with Crippen molar-refractivity contribution in [2.24, 2.45) is 5.92 Å². The smallest absolute Gasteiger partial charge is 0.166 e. The molecule has 0 aliphatic heterocycles. The molecule has 1 aliphatic carbocycles. The van der Waals surface area contributed by atoms with Gasteiger partial charge in [-0.25, -0.2) is 8.78 Å². The quantitative estimate of drug-likeness (QED) is 0.622. The third-order valence-electron chi connectivity index (χ3n) is 5.90. The van der Waals surface area contributed by atoms with Crippen molar-refractivity contribution in [3.63, 3.8) is 0 Å². The molecule has 0 heterocycles. The van der Waals surface area contributed by atoms with E-state index in [4.69, 9.17) is 0 Å². The molecule has 2 aromatic carbocycles. The average molecular weight is 358 g/mol. The Bertz CT molecular complexity index is 766. The maximum Gasteiger partial charge on any atom is 0.166 e. The Morgan fingerprint density at radius 3 is 2.15 bits per heavy atom. The number of halogens is 2. The second-order valence-electron chi connectivity index (χ2n) is 7.80. The molecule has 0 atom stereocenters. The normalized spacial score (nSPS) is 20.3. The van der Waals surface area contributed by atoms with Crippen LogP contribution in [0.25, 0.3) is 11.1 Å². The molecule has 3 rings (SSSR count). The van der Waals surface area contributed by atoms with E-state index < -0.39 is 11.6 Å². The van der Waals surface area contributed by atoms with E-state index in [2.05, 4.69) is 6.92 Å². The Balaban J connectivity index is 1.88. The lowest BCUT2D eigenvalue weighted by Gasteiger charge is -2.29. The molecule has 0 radical (unpaired) electrons. The average Bonchev–Trinajstić information content (AvgIpc) is 2.63. The van der Waals surface area contributed by atoms with Crippen molar-refractivity contribution in [2.75, 3.05) is 0 Å². The minimum Gasteiger partial charge on any atom is -0.507 e. The molecule has 140 valence electrons. The van der Waals surface area contributed by atoms with Gasteiger partial charge in [-0.15, -0.1) is 0 Å². The third kappa shape index (κ3) is 3.62. The molecule has 1 aliphatic rings. The molecule has 0 spiro atoms. The summed E-state index contributed by atoms with van der Waals surface area (Å²) >= 11 is 0. The maximum atomic E-state index is 14.8. The Hall–Kier alpha value is -1.90. The zero-order chi connectivity index (χ0) is 18.8. The van der Waals surface area contributed by atoms with Gasteiger partial charge in [0.2, 0.25) is 0 Å². The molecule has 0 saturated heterocycles. The minimum absolute atomic E-state index is 0.120. The van der Waals surface area contributed by atoms with Gasteiger partial charge in [0, 0.05) is 5.56 Å². The van der Waals surface area contributed by atoms with Crippen LogP contribution in [0.3, 0.4) is 0 Å². The Morgan fingerprint density at radius 2 is 1.58 bits per heavy atom. The lowest BCUT2D eigenvalue weighted by Crippen LogP contribution is -2.15. The van der Waals surface area contributed by atoms with Crippen LogP contribution in [-0.4, -0.2) is 5.11 Å². The summed E-state index contributed by atoms with van der Waals surface area (Å²) in [5.41, 5.74) is 2.72. The van der Waals surface area contributed by atoms with E-state index in [9.17, 15) is 13.9 Å². The number of benzene rings is 2. The third-order valence-corrected chi connectivity index (χ3v) is 5.90. The van der Waals surface area contributed by atoms with Crippen LogP contribution in [-0.2, 0) is 0 Å². The van der Waals surface area contributed by atoms with Gasteiger partial charge in [0.05, 0.1) is 0 Å². The first kappa shape index (κ1) is 18.9. The fraction of sp³-hybridized carbons (Fsp3) is 0.478. The largest absolute Gasteiger partial charge is 0.507 e. The summed E-state index contributed by atoms with van der Waals surface area (Å²) < 4.78 is 29.7. The molecule has 1 N–H and O–H groups in total. The molecule has 1 fully saturated rings. The van der Waals surface area contributed by atoms with Crippen LogP contribution >= 0.6 is 0 Å². The van der Waals surface area contributed by atoms with Crippen LogP contribution in [0.15, 0.2) is 24.3 Å². The first-order valence-corrected chi connectivity index (χ1v) is 9.70.